The molecule has 0 fully saturated rings. The van der Waals surface area contributed by atoms with E-state index in [4.69, 9.17) is 16.3 Å². The highest BCUT2D eigenvalue weighted by Crippen LogP contribution is 2.04. The van der Waals surface area contributed by atoms with Gasteiger partial charge in [0.2, 0.25) is 0 Å². The van der Waals surface area contributed by atoms with Crippen molar-refractivity contribution in [3.05, 3.63) is 24.5 Å². The zero-order valence-corrected chi connectivity index (χ0v) is 6.57. The van der Waals surface area contributed by atoms with Gasteiger partial charge in [0, 0.05) is 0 Å². The van der Waals surface area contributed by atoms with Gasteiger partial charge in [-0.2, -0.15) is 0 Å². The number of carbonyl (C=O) groups is 1. The maximum Gasteiger partial charge on any atom is 0.259 e. The number of hydrogen-bond donors (Lipinski definition) is 0. The molecule has 0 heterocycles. The van der Waals surface area contributed by atoms with Crippen molar-refractivity contribution in [3.8, 4) is 0 Å². The summed E-state index contributed by atoms with van der Waals surface area (Å²) in [5, 5.41) is -0.539. The molecular weight excluding hydrogens is 152 g/mol. The minimum absolute atomic E-state index is 0.146. The molecule has 0 aromatic carbocycles. The van der Waals surface area contributed by atoms with Crippen LogP contribution in [0.4, 0.5) is 0 Å². The first-order chi connectivity index (χ1) is 4.54. The summed E-state index contributed by atoms with van der Waals surface area (Å²) in [6.07, 6.45) is 0. The minimum atomic E-state index is -0.539. The first-order valence-electron chi connectivity index (χ1n) is 2.70. The lowest BCUT2D eigenvalue weighted by Crippen LogP contribution is -2.00. The van der Waals surface area contributed by atoms with Crippen LogP contribution >= 0.6 is 11.6 Å². The average molecular weight is 161 g/mol. The van der Waals surface area contributed by atoms with Crippen LogP contribution in [0.25, 0.3) is 0 Å². The van der Waals surface area contributed by atoms with Crippen LogP contribution in [-0.4, -0.2) is 11.8 Å². The lowest BCUT2D eigenvalue weighted by Gasteiger charge is -2.04. The Morgan fingerprint density at radius 3 is 2.40 bits per heavy atom. The molecule has 56 valence electrons. The molecule has 2 nitrogen and oxygen atoms in total. The summed E-state index contributed by atoms with van der Waals surface area (Å²) in [5.41, 5.74) is 0.693. The molecule has 0 aliphatic heterocycles. The van der Waals surface area contributed by atoms with Crippen molar-refractivity contribution >= 4 is 16.8 Å². The monoisotopic (exact) mass is 160 g/mol. The normalized spacial score (nSPS) is 8.60. The van der Waals surface area contributed by atoms with Crippen molar-refractivity contribution in [1.82, 2.24) is 0 Å². The molecule has 0 saturated heterocycles. The Hall–Kier alpha value is -0.760. The van der Waals surface area contributed by atoms with Gasteiger partial charge in [-0.1, -0.05) is 13.2 Å². The van der Waals surface area contributed by atoms with Crippen molar-refractivity contribution in [2.24, 2.45) is 0 Å². The average Bonchev–Trinajstić information content (AvgIpc) is 1.82. The third kappa shape index (κ3) is 4.15. The molecule has 10 heavy (non-hydrogen) atoms. The quantitative estimate of drug-likeness (QED) is 0.357. The van der Waals surface area contributed by atoms with Crippen LogP contribution in [0, 0.1) is 0 Å². The fourth-order valence-electron chi connectivity index (χ4n) is 0.267. The van der Waals surface area contributed by atoms with E-state index in [1.165, 1.54) is 0 Å². The Labute approximate surface area is 65.1 Å². The van der Waals surface area contributed by atoms with E-state index in [1.54, 1.807) is 6.92 Å². The first-order valence-corrected chi connectivity index (χ1v) is 3.07. The van der Waals surface area contributed by atoms with E-state index in [0.717, 1.165) is 0 Å². The second kappa shape index (κ2) is 4.12. The second-order valence-corrected chi connectivity index (χ2v) is 2.27. The number of halogens is 1. The molecule has 0 rings (SSSR count). The molecule has 0 aliphatic rings. The fourth-order valence-corrected chi connectivity index (χ4v) is 0.322. The number of hydrogen-bond acceptors (Lipinski definition) is 2. The molecule has 0 N–H and O–H groups in total. The molecule has 0 aliphatic carbocycles. The summed E-state index contributed by atoms with van der Waals surface area (Å²) < 4.78 is 4.79. The summed E-state index contributed by atoms with van der Waals surface area (Å²) in [6.45, 7) is 8.64. The molecule has 0 atom stereocenters. The van der Waals surface area contributed by atoms with Crippen molar-refractivity contribution in [2.75, 3.05) is 6.61 Å². The van der Waals surface area contributed by atoms with Crippen LogP contribution in [-0.2, 0) is 9.53 Å². The van der Waals surface area contributed by atoms with Crippen LogP contribution in [0.5, 0.6) is 0 Å². The van der Waals surface area contributed by atoms with Gasteiger partial charge in [-0.25, -0.2) is 0 Å². The van der Waals surface area contributed by atoms with Crippen molar-refractivity contribution in [2.45, 2.75) is 6.92 Å². The second-order valence-electron chi connectivity index (χ2n) is 1.85. The lowest BCUT2D eigenvalue weighted by molar-refractivity contribution is -0.114. The van der Waals surface area contributed by atoms with E-state index < -0.39 is 5.24 Å². The Bertz CT molecular complexity index is 172. The molecule has 0 aromatic heterocycles. The van der Waals surface area contributed by atoms with Crippen LogP contribution < -0.4 is 0 Å². The lowest BCUT2D eigenvalue weighted by atomic mass is 10.3. The maximum absolute atomic E-state index is 10.1. The largest absolute Gasteiger partial charge is 0.485 e. The van der Waals surface area contributed by atoms with Gasteiger partial charge in [0.25, 0.3) is 5.24 Å². The summed E-state index contributed by atoms with van der Waals surface area (Å²) in [7, 11) is 0. The van der Waals surface area contributed by atoms with Crippen LogP contribution in [0.3, 0.4) is 0 Å². The molecule has 0 bridgehead atoms. The van der Waals surface area contributed by atoms with Gasteiger partial charge in [0.05, 0.1) is 0 Å². The molecule has 0 amide bonds. The van der Waals surface area contributed by atoms with Gasteiger partial charge in [0.15, 0.2) is 6.61 Å². The SMILES string of the molecule is C=C(C)C(=C)OCC(=O)Cl. The van der Waals surface area contributed by atoms with Gasteiger partial charge in [-0.05, 0) is 24.1 Å². The van der Waals surface area contributed by atoms with Crippen LogP contribution in [0.2, 0.25) is 0 Å². The maximum atomic E-state index is 10.1. The van der Waals surface area contributed by atoms with E-state index in [9.17, 15) is 4.79 Å². The van der Waals surface area contributed by atoms with Crippen molar-refractivity contribution < 1.29 is 9.53 Å². The van der Waals surface area contributed by atoms with E-state index in [-0.39, 0.29) is 6.61 Å². The molecule has 0 aromatic rings. The Balaban J connectivity index is 3.60. The highest BCUT2D eigenvalue weighted by molar-refractivity contribution is 6.63. The van der Waals surface area contributed by atoms with Gasteiger partial charge >= 0.3 is 0 Å². The zero-order valence-electron chi connectivity index (χ0n) is 5.82. The Morgan fingerprint density at radius 1 is 1.60 bits per heavy atom. The third-order valence-electron chi connectivity index (χ3n) is 0.836. The van der Waals surface area contributed by atoms with E-state index in [0.29, 0.717) is 11.3 Å². The summed E-state index contributed by atoms with van der Waals surface area (Å²) in [5.74, 6) is 0.397. The van der Waals surface area contributed by atoms with E-state index in [1.807, 2.05) is 0 Å². The number of carbonyl (C=O) groups excluding carboxylic acids is 1. The fraction of sp³-hybridized carbons (Fsp3) is 0.286. The molecule has 0 spiro atoms. The number of ether oxygens (including phenoxy) is 1. The highest BCUT2D eigenvalue weighted by Gasteiger charge is 1.98. The number of rotatable bonds is 4. The first kappa shape index (κ1) is 9.24. The van der Waals surface area contributed by atoms with Crippen molar-refractivity contribution in [3.63, 3.8) is 0 Å². The summed E-state index contributed by atoms with van der Waals surface area (Å²) >= 11 is 4.99. The Morgan fingerprint density at radius 2 is 2.10 bits per heavy atom. The van der Waals surface area contributed by atoms with Crippen LogP contribution in [0.15, 0.2) is 24.5 Å². The molecular formula is C7H9ClO2. The van der Waals surface area contributed by atoms with Gasteiger partial charge in [0.1, 0.15) is 5.76 Å². The predicted molar refractivity (Wildman–Crippen MR) is 40.8 cm³/mol. The molecule has 0 radical (unpaired) electrons. The summed E-state index contributed by atoms with van der Waals surface area (Å²) in [6, 6.07) is 0. The standard InChI is InChI=1S/C7H9ClO2/c1-5(2)6(3)10-4-7(8)9/h1,3-4H2,2H3. The predicted octanol–water partition coefficient (Wildman–Crippen LogP) is 1.86. The zero-order chi connectivity index (χ0) is 8.15. The smallest absolute Gasteiger partial charge is 0.259 e. The Kier molecular flexibility index (Phi) is 3.81. The van der Waals surface area contributed by atoms with Gasteiger partial charge < -0.3 is 4.74 Å². The van der Waals surface area contributed by atoms with E-state index >= 15 is 0 Å². The minimum Gasteiger partial charge on any atom is -0.485 e. The topological polar surface area (TPSA) is 26.3 Å². The summed E-state index contributed by atoms with van der Waals surface area (Å²) in [4.78, 5) is 10.1. The third-order valence-corrected chi connectivity index (χ3v) is 0.945. The van der Waals surface area contributed by atoms with E-state index in [2.05, 4.69) is 13.2 Å². The number of allylic oxidation sites excluding steroid dienone is 1. The molecule has 0 unspecified atom stereocenters. The van der Waals surface area contributed by atoms with Gasteiger partial charge in [-0.15, -0.1) is 0 Å². The molecule has 3 heteroatoms. The van der Waals surface area contributed by atoms with Crippen LogP contribution in [0.1, 0.15) is 6.92 Å². The van der Waals surface area contributed by atoms with Crippen molar-refractivity contribution in [1.29, 1.82) is 0 Å². The molecule has 0 saturated carbocycles. The van der Waals surface area contributed by atoms with Gasteiger partial charge in [-0.3, -0.25) is 4.79 Å². The highest BCUT2D eigenvalue weighted by atomic mass is 35.5.